The van der Waals surface area contributed by atoms with Crippen molar-refractivity contribution in [2.45, 2.75) is 13.0 Å². The minimum Gasteiger partial charge on any atom is -0.507 e. The van der Waals surface area contributed by atoms with Gasteiger partial charge in [-0.15, -0.1) is 0 Å². The molecule has 0 radical (unpaired) electrons. The van der Waals surface area contributed by atoms with Gasteiger partial charge in [-0.2, -0.15) is 0 Å². The highest BCUT2D eigenvalue weighted by molar-refractivity contribution is 5.87. The van der Waals surface area contributed by atoms with Crippen LogP contribution in [0.1, 0.15) is 5.56 Å². The van der Waals surface area contributed by atoms with Crippen LogP contribution >= 0.6 is 0 Å². The Balaban J connectivity index is 1.95. The molecule has 1 aliphatic heterocycles. The van der Waals surface area contributed by atoms with Crippen molar-refractivity contribution in [3.05, 3.63) is 54.2 Å². The number of aryl methyl sites for hydroxylation is 2. The molecule has 0 bridgehead atoms. The number of para-hydroxylation sites is 1. The number of aromatic hydroxyl groups is 1. The van der Waals surface area contributed by atoms with Crippen molar-refractivity contribution in [2.75, 3.05) is 14.2 Å². The molecular weight excluding hydrogens is 302 g/mol. The van der Waals surface area contributed by atoms with Crippen molar-refractivity contribution in [1.29, 1.82) is 0 Å². The van der Waals surface area contributed by atoms with Gasteiger partial charge in [-0.25, -0.2) is 0 Å². The van der Waals surface area contributed by atoms with E-state index in [4.69, 9.17) is 9.47 Å². The highest BCUT2D eigenvalue weighted by Crippen LogP contribution is 2.44. The molecule has 0 aliphatic carbocycles. The van der Waals surface area contributed by atoms with Crippen LogP contribution in [-0.4, -0.2) is 23.9 Å². The van der Waals surface area contributed by atoms with Gasteiger partial charge in [0.15, 0.2) is 11.5 Å². The molecule has 4 rings (SSSR count). The van der Waals surface area contributed by atoms with E-state index in [1.54, 1.807) is 20.3 Å². The van der Waals surface area contributed by atoms with Crippen LogP contribution in [0.5, 0.6) is 17.2 Å². The van der Waals surface area contributed by atoms with Crippen LogP contribution in [-0.2, 0) is 13.0 Å². The highest BCUT2D eigenvalue weighted by atomic mass is 16.5. The maximum absolute atomic E-state index is 10.3. The topological polar surface area (TPSA) is 43.6 Å². The molecule has 2 aromatic carbocycles. The predicted molar refractivity (Wildman–Crippen MR) is 93.8 cm³/mol. The largest absolute Gasteiger partial charge is 0.507 e. The summed E-state index contributed by atoms with van der Waals surface area (Å²) in [4.78, 5) is 0. The summed E-state index contributed by atoms with van der Waals surface area (Å²) in [5.41, 5.74) is 5.34. The average molecular weight is 321 g/mol. The van der Waals surface area contributed by atoms with Crippen LogP contribution in [0, 0.1) is 0 Å². The molecule has 0 saturated carbocycles. The van der Waals surface area contributed by atoms with E-state index < -0.39 is 0 Å². The van der Waals surface area contributed by atoms with Gasteiger partial charge in [-0.05, 0) is 36.2 Å². The number of benzene rings is 2. The fourth-order valence-corrected chi connectivity index (χ4v) is 3.47. The number of phenolic OH excluding ortho intramolecular Hbond substituents is 1. The Morgan fingerprint density at radius 2 is 1.67 bits per heavy atom. The van der Waals surface area contributed by atoms with Crippen molar-refractivity contribution in [1.82, 2.24) is 4.57 Å². The number of hydrogen-bond acceptors (Lipinski definition) is 3. The Bertz CT molecular complexity index is 911. The summed E-state index contributed by atoms with van der Waals surface area (Å²) in [7, 11) is 3.30. The Labute approximate surface area is 140 Å². The van der Waals surface area contributed by atoms with E-state index in [0.29, 0.717) is 11.5 Å². The fourth-order valence-electron chi connectivity index (χ4n) is 3.47. The van der Waals surface area contributed by atoms with Gasteiger partial charge in [0.1, 0.15) is 5.75 Å². The Morgan fingerprint density at radius 1 is 0.917 bits per heavy atom. The average Bonchev–Trinajstić information content (AvgIpc) is 3.05. The first-order valence-corrected chi connectivity index (χ1v) is 7.95. The number of hydrogen-bond donors (Lipinski definition) is 1. The molecule has 4 nitrogen and oxygen atoms in total. The zero-order valence-corrected chi connectivity index (χ0v) is 13.7. The van der Waals surface area contributed by atoms with E-state index in [1.165, 1.54) is 5.56 Å². The third kappa shape index (κ3) is 2.14. The van der Waals surface area contributed by atoms with Crippen molar-refractivity contribution >= 4 is 0 Å². The molecule has 3 aromatic rings. The smallest absolute Gasteiger partial charge is 0.161 e. The standard InChI is InChI=1S/C20H19NO3/c1-23-18-11-13-7-9-21-10-8-15(14-5-3-4-6-17(14)22)20(21)16(13)12-19(18)24-2/h3-6,8,10-12,22H,7,9H2,1-2H3. The monoisotopic (exact) mass is 321 g/mol. The molecule has 4 heteroatoms. The molecule has 0 unspecified atom stereocenters. The summed E-state index contributed by atoms with van der Waals surface area (Å²) in [5, 5.41) is 10.3. The lowest BCUT2D eigenvalue weighted by molar-refractivity contribution is 0.354. The minimum atomic E-state index is 0.291. The van der Waals surface area contributed by atoms with Crippen LogP contribution in [0.2, 0.25) is 0 Å². The molecule has 1 N–H and O–H groups in total. The van der Waals surface area contributed by atoms with Gasteiger partial charge in [0, 0.05) is 29.4 Å². The van der Waals surface area contributed by atoms with Gasteiger partial charge in [0.2, 0.25) is 0 Å². The molecule has 1 aromatic heterocycles. The van der Waals surface area contributed by atoms with E-state index in [9.17, 15) is 5.11 Å². The van der Waals surface area contributed by atoms with Crippen LogP contribution < -0.4 is 9.47 Å². The molecule has 1 aliphatic rings. The number of aromatic nitrogens is 1. The maximum atomic E-state index is 10.3. The number of ether oxygens (including phenoxy) is 2. The van der Waals surface area contributed by atoms with Crippen LogP contribution in [0.15, 0.2) is 48.7 Å². The van der Waals surface area contributed by atoms with Gasteiger partial charge in [-0.3, -0.25) is 0 Å². The van der Waals surface area contributed by atoms with Crippen molar-refractivity contribution in [3.8, 4) is 39.6 Å². The molecule has 122 valence electrons. The second-order valence-electron chi connectivity index (χ2n) is 5.90. The number of phenols is 1. The van der Waals surface area contributed by atoms with Gasteiger partial charge in [0.05, 0.1) is 19.9 Å². The molecule has 24 heavy (non-hydrogen) atoms. The van der Waals surface area contributed by atoms with Gasteiger partial charge in [0.25, 0.3) is 0 Å². The SMILES string of the molecule is COc1cc2c(cc1OC)-c1c(-c3ccccc3O)ccn1CC2. The third-order valence-corrected chi connectivity index (χ3v) is 4.64. The van der Waals surface area contributed by atoms with Crippen LogP contribution in [0.4, 0.5) is 0 Å². The summed E-state index contributed by atoms with van der Waals surface area (Å²) >= 11 is 0. The predicted octanol–water partition coefficient (Wildman–Crippen LogP) is 4.10. The van der Waals surface area contributed by atoms with E-state index in [0.717, 1.165) is 41.1 Å². The fraction of sp³-hybridized carbons (Fsp3) is 0.200. The normalized spacial score (nSPS) is 12.4. The molecule has 0 amide bonds. The molecular formula is C20H19NO3. The van der Waals surface area contributed by atoms with E-state index in [2.05, 4.69) is 22.9 Å². The van der Waals surface area contributed by atoms with Crippen LogP contribution in [0.3, 0.4) is 0 Å². The summed E-state index contributed by atoms with van der Waals surface area (Å²) in [6.07, 6.45) is 3.02. The van der Waals surface area contributed by atoms with Gasteiger partial charge in [-0.1, -0.05) is 18.2 Å². The zero-order chi connectivity index (χ0) is 16.7. The first-order valence-electron chi connectivity index (χ1n) is 7.95. The van der Waals surface area contributed by atoms with Gasteiger partial charge < -0.3 is 19.1 Å². The summed E-state index contributed by atoms with van der Waals surface area (Å²) in [6.45, 7) is 0.908. The first kappa shape index (κ1) is 14.7. The Morgan fingerprint density at radius 3 is 2.42 bits per heavy atom. The minimum absolute atomic E-state index is 0.291. The van der Waals surface area contributed by atoms with E-state index in [1.807, 2.05) is 24.3 Å². The Hall–Kier alpha value is -2.88. The van der Waals surface area contributed by atoms with Crippen molar-refractivity contribution < 1.29 is 14.6 Å². The molecule has 0 saturated heterocycles. The van der Waals surface area contributed by atoms with E-state index >= 15 is 0 Å². The lowest BCUT2D eigenvalue weighted by atomic mass is 9.93. The lowest BCUT2D eigenvalue weighted by Gasteiger charge is -2.23. The van der Waals surface area contributed by atoms with E-state index in [-0.39, 0.29) is 0 Å². The molecule has 0 atom stereocenters. The second kappa shape index (κ2) is 5.64. The lowest BCUT2D eigenvalue weighted by Crippen LogP contribution is -2.10. The quantitative estimate of drug-likeness (QED) is 0.790. The second-order valence-corrected chi connectivity index (χ2v) is 5.90. The number of methoxy groups -OCH3 is 2. The number of fused-ring (bicyclic) bond motifs is 3. The zero-order valence-electron chi connectivity index (χ0n) is 13.7. The Kier molecular flexibility index (Phi) is 3.45. The summed E-state index contributed by atoms with van der Waals surface area (Å²) < 4.78 is 13.1. The van der Waals surface area contributed by atoms with Crippen molar-refractivity contribution in [3.63, 3.8) is 0 Å². The number of nitrogens with zero attached hydrogens (tertiary/aromatic N) is 1. The number of rotatable bonds is 3. The third-order valence-electron chi connectivity index (χ3n) is 4.64. The van der Waals surface area contributed by atoms with Gasteiger partial charge >= 0.3 is 0 Å². The maximum Gasteiger partial charge on any atom is 0.161 e. The summed E-state index contributed by atoms with van der Waals surface area (Å²) in [5.74, 6) is 1.76. The van der Waals surface area contributed by atoms with Crippen molar-refractivity contribution in [2.24, 2.45) is 0 Å². The molecule has 2 heterocycles. The first-order chi connectivity index (χ1) is 11.7. The molecule has 0 fully saturated rings. The molecule has 0 spiro atoms. The highest BCUT2D eigenvalue weighted by Gasteiger charge is 2.23. The van der Waals surface area contributed by atoms with Crippen LogP contribution in [0.25, 0.3) is 22.4 Å². The summed E-state index contributed by atoms with van der Waals surface area (Å²) in [6, 6.07) is 13.6.